The lowest BCUT2D eigenvalue weighted by Gasteiger charge is -2.18. The Bertz CT molecular complexity index is 599. The molecule has 124 valence electrons. The van der Waals surface area contributed by atoms with Gasteiger partial charge >= 0.3 is 0 Å². The fourth-order valence-corrected chi connectivity index (χ4v) is 2.12. The van der Waals surface area contributed by atoms with Gasteiger partial charge < -0.3 is 15.7 Å². The smallest absolute Gasteiger partial charge is 0.192 e. The van der Waals surface area contributed by atoms with Crippen LogP contribution in [0.2, 0.25) is 0 Å². The summed E-state index contributed by atoms with van der Waals surface area (Å²) in [6, 6.07) is 17.6. The van der Waals surface area contributed by atoms with Crippen molar-refractivity contribution in [1.29, 1.82) is 0 Å². The number of guanidine groups is 1. The van der Waals surface area contributed by atoms with E-state index in [1.54, 1.807) is 12.1 Å². The Labute approximate surface area is 155 Å². The molecule has 0 aromatic heterocycles. The van der Waals surface area contributed by atoms with Crippen molar-refractivity contribution in [3.05, 3.63) is 65.7 Å². The Morgan fingerprint density at radius 3 is 2.35 bits per heavy atom. The summed E-state index contributed by atoms with van der Waals surface area (Å²) in [5.41, 5.74) is 2.28. The highest BCUT2D eigenvalue weighted by Crippen LogP contribution is 2.12. The number of hydrogen-bond acceptors (Lipinski definition) is 2. The zero-order valence-corrected chi connectivity index (χ0v) is 15.8. The number of nitrogens with one attached hydrogen (secondary N) is 2. The zero-order chi connectivity index (χ0) is 15.8. The monoisotopic (exact) mass is 425 g/mol. The molecule has 2 aromatic carbocycles. The van der Waals surface area contributed by atoms with Crippen molar-refractivity contribution in [2.24, 2.45) is 4.99 Å². The van der Waals surface area contributed by atoms with E-state index in [0.29, 0.717) is 6.54 Å². The Hall–Kier alpha value is -1.76. The van der Waals surface area contributed by atoms with Crippen molar-refractivity contribution in [3.8, 4) is 5.75 Å². The summed E-state index contributed by atoms with van der Waals surface area (Å²) >= 11 is 0. The Balaban J connectivity index is 0.00000264. The molecule has 1 atom stereocenters. The first-order valence-electron chi connectivity index (χ1n) is 7.56. The molecule has 0 aliphatic carbocycles. The number of phenols is 1. The van der Waals surface area contributed by atoms with Crippen LogP contribution in [-0.4, -0.2) is 17.6 Å². The molecular formula is C18H24IN3O. The second-order valence-corrected chi connectivity index (χ2v) is 5.14. The van der Waals surface area contributed by atoms with Crippen LogP contribution in [0.1, 0.15) is 31.0 Å². The lowest BCUT2D eigenvalue weighted by Crippen LogP contribution is -2.38. The molecule has 2 rings (SSSR count). The maximum absolute atomic E-state index is 9.30. The first-order valence-corrected chi connectivity index (χ1v) is 7.56. The summed E-state index contributed by atoms with van der Waals surface area (Å²) < 4.78 is 0. The number of nitrogens with zero attached hydrogens (tertiary/aromatic N) is 1. The fourth-order valence-electron chi connectivity index (χ4n) is 2.12. The van der Waals surface area contributed by atoms with Crippen LogP contribution in [0.4, 0.5) is 0 Å². The average Bonchev–Trinajstić information content (AvgIpc) is 2.55. The molecule has 4 nitrogen and oxygen atoms in total. The van der Waals surface area contributed by atoms with Gasteiger partial charge in [0, 0.05) is 6.54 Å². The second kappa shape index (κ2) is 10.1. The molecule has 0 radical (unpaired) electrons. The molecule has 0 spiro atoms. The molecule has 23 heavy (non-hydrogen) atoms. The molecule has 0 amide bonds. The van der Waals surface area contributed by atoms with E-state index in [1.165, 1.54) is 5.56 Å². The van der Waals surface area contributed by atoms with Crippen molar-refractivity contribution in [1.82, 2.24) is 10.6 Å². The van der Waals surface area contributed by atoms with Gasteiger partial charge in [-0.05, 0) is 37.1 Å². The molecule has 0 aliphatic heterocycles. The minimum absolute atomic E-state index is 0. The lowest BCUT2D eigenvalue weighted by molar-refractivity contribution is 0.475. The standard InChI is InChI=1S/C18H23N3O.HI/c1-3-19-18(20-13-15-9-11-17(22)12-10-15)21-14(2)16-7-5-4-6-8-16;/h4-12,14,22H,3,13H2,1-2H3,(H2,19,20,21);1H. The normalized spacial score (nSPS) is 12.2. The van der Waals surface area contributed by atoms with Gasteiger partial charge in [-0.15, -0.1) is 24.0 Å². The van der Waals surface area contributed by atoms with Gasteiger partial charge in [0.2, 0.25) is 0 Å². The van der Waals surface area contributed by atoms with Crippen molar-refractivity contribution in [2.75, 3.05) is 6.54 Å². The molecule has 1 unspecified atom stereocenters. The van der Waals surface area contributed by atoms with Crippen LogP contribution in [0.25, 0.3) is 0 Å². The van der Waals surface area contributed by atoms with Crippen molar-refractivity contribution < 1.29 is 5.11 Å². The summed E-state index contributed by atoms with van der Waals surface area (Å²) in [5.74, 6) is 1.06. The molecule has 0 bridgehead atoms. The number of rotatable bonds is 5. The highest BCUT2D eigenvalue weighted by atomic mass is 127. The SMILES string of the molecule is CCNC(=NCc1ccc(O)cc1)NC(C)c1ccccc1.I. The third kappa shape index (κ3) is 6.48. The number of halogens is 1. The fraction of sp³-hybridized carbons (Fsp3) is 0.278. The van der Waals surface area contributed by atoms with Gasteiger partial charge in [0.15, 0.2) is 5.96 Å². The predicted molar refractivity (Wildman–Crippen MR) is 106 cm³/mol. The minimum Gasteiger partial charge on any atom is -0.508 e. The summed E-state index contributed by atoms with van der Waals surface area (Å²) in [6.45, 7) is 5.54. The molecule has 0 heterocycles. The summed E-state index contributed by atoms with van der Waals surface area (Å²) in [6.07, 6.45) is 0. The van der Waals surface area contributed by atoms with Crippen LogP contribution < -0.4 is 10.6 Å². The van der Waals surface area contributed by atoms with Crippen LogP contribution in [0.3, 0.4) is 0 Å². The van der Waals surface area contributed by atoms with Gasteiger partial charge in [0.25, 0.3) is 0 Å². The van der Waals surface area contributed by atoms with E-state index in [0.717, 1.165) is 18.1 Å². The van der Waals surface area contributed by atoms with E-state index in [1.807, 2.05) is 37.3 Å². The summed E-state index contributed by atoms with van der Waals surface area (Å²) in [5, 5.41) is 16.0. The van der Waals surface area contributed by atoms with Crippen molar-refractivity contribution >= 4 is 29.9 Å². The van der Waals surface area contributed by atoms with E-state index in [2.05, 4.69) is 34.7 Å². The van der Waals surface area contributed by atoms with Gasteiger partial charge in [-0.1, -0.05) is 42.5 Å². The number of aliphatic imine (C=N–C) groups is 1. The van der Waals surface area contributed by atoms with Crippen LogP contribution in [-0.2, 0) is 6.54 Å². The van der Waals surface area contributed by atoms with Crippen LogP contribution in [0, 0.1) is 0 Å². The molecule has 2 aromatic rings. The molecule has 5 heteroatoms. The number of aromatic hydroxyl groups is 1. The molecule has 0 saturated carbocycles. The third-order valence-electron chi connectivity index (χ3n) is 3.35. The zero-order valence-electron chi connectivity index (χ0n) is 13.5. The van der Waals surface area contributed by atoms with E-state index < -0.39 is 0 Å². The molecule has 0 saturated heterocycles. The van der Waals surface area contributed by atoms with E-state index >= 15 is 0 Å². The lowest BCUT2D eigenvalue weighted by atomic mass is 10.1. The van der Waals surface area contributed by atoms with E-state index in [4.69, 9.17) is 0 Å². The highest BCUT2D eigenvalue weighted by molar-refractivity contribution is 14.0. The predicted octanol–water partition coefficient (Wildman–Crippen LogP) is 3.83. The second-order valence-electron chi connectivity index (χ2n) is 5.14. The maximum Gasteiger partial charge on any atom is 0.192 e. The summed E-state index contributed by atoms with van der Waals surface area (Å²) in [4.78, 5) is 4.59. The first-order chi connectivity index (χ1) is 10.7. The Morgan fingerprint density at radius 1 is 1.09 bits per heavy atom. The molecule has 0 aliphatic rings. The number of benzene rings is 2. The van der Waals surface area contributed by atoms with Crippen LogP contribution in [0.15, 0.2) is 59.6 Å². The van der Waals surface area contributed by atoms with E-state index in [9.17, 15) is 5.11 Å². The average molecular weight is 425 g/mol. The maximum atomic E-state index is 9.30. The quantitative estimate of drug-likeness (QED) is 0.388. The van der Waals surface area contributed by atoms with Gasteiger partial charge in [-0.25, -0.2) is 4.99 Å². The molecule has 3 N–H and O–H groups in total. The van der Waals surface area contributed by atoms with Crippen molar-refractivity contribution in [3.63, 3.8) is 0 Å². The topological polar surface area (TPSA) is 56.7 Å². The van der Waals surface area contributed by atoms with E-state index in [-0.39, 0.29) is 35.8 Å². The Morgan fingerprint density at radius 2 is 1.74 bits per heavy atom. The Kier molecular flexibility index (Phi) is 8.47. The van der Waals surface area contributed by atoms with Crippen molar-refractivity contribution in [2.45, 2.75) is 26.4 Å². The van der Waals surface area contributed by atoms with Gasteiger partial charge in [0.1, 0.15) is 5.75 Å². The van der Waals surface area contributed by atoms with Gasteiger partial charge in [-0.2, -0.15) is 0 Å². The first kappa shape index (κ1) is 19.3. The summed E-state index contributed by atoms with van der Waals surface area (Å²) in [7, 11) is 0. The molecular weight excluding hydrogens is 401 g/mol. The van der Waals surface area contributed by atoms with Crippen LogP contribution in [0.5, 0.6) is 5.75 Å². The van der Waals surface area contributed by atoms with Gasteiger partial charge in [0.05, 0.1) is 12.6 Å². The molecule has 0 fully saturated rings. The largest absolute Gasteiger partial charge is 0.508 e. The highest BCUT2D eigenvalue weighted by Gasteiger charge is 2.06. The van der Waals surface area contributed by atoms with Gasteiger partial charge in [-0.3, -0.25) is 0 Å². The third-order valence-corrected chi connectivity index (χ3v) is 3.35. The number of hydrogen-bond donors (Lipinski definition) is 3. The van der Waals surface area contributed by atoms with Crippen LogP contribution >= 0.6 is 24.0 Å². The number of phenolic OH excluding ortho intramolecular Hbond substituents is 1. The minimum atomic E-state index is 0.